The van der Waals surface area contributed by atoms with Crippen LogP contribution in [0.4, 0.5) is 0 Å². The molecule has 1 aliphatic heterocycles. The Hall–Kier alpha value is -0.610. The van der Waals surface area contributed by atoms with Crippen molar-refractivity contribution in [2.75, 3.05) is 6.61 Å². The zero-order valence-electron chi connectivity index (χ0n) is 8.53. The lowest BCUT2D eigenvalue weighted by Gasteiger charge is -2.52. The number of rotatable bonds is 2. The molecule has 0 radical (unpaired) electrons. The summed E-state index contributed by atoms with van der Waals surface area (Å²) in [6.45, 7) is 2.66. The summed E-state index contributed by atoms with van der Waals surface area (Å²) in [5, 5.41) is 2.93. The summed E-state index contributed by atoms with van der Waals surface area (Å²) in [6, 6.07) is 0.142. The molecule has 80 valence electrons. The molecule has 1 saturated heterocycles. The minimum absolute atomic E-state index is 0.0488. The molecule has 4 atom stereocenters. The van der Waals surface area contributed by atoms with Crippen LogP contribution >= 0.6 is 0 Å². The molecule has 3 N–H and O–H groups in total. The van der Waals surface area contributed by atoms with E-state index in [0.29, 0.717) is 12.3 Å². The summed E-state index contributed by atoms with van der Waals surface area (Å²) in [7, 11) is 0. The molecule has 1 aliphatic carbocycles. The summed E-state index contributed by atoms with van der Waals surface area (Å²) < 4.78 is 5.61. The number of hydrogen-bond acceptors (Lipinski definition) is 3. The molecule has 0 bridgehead atoms. The van der Waals surface area contributed by atoms with Crippen molar-refractivity contribution in [3.8, 4) is 0 Å². The van der Waals surface area contributed by atoms with E-state index in [-0.39, 0.29) is 24.1 Å². The van der Waals surface area contributed by atoms with Crippen molar-refractivity contribution >= 4 is 5.91 Å². The van der Waals surface area contributed by atoms with Crippen molar-refractivity contribution in [2.45, 2.75) is 44.4 Å². The zero-order chi connectivity index (χ0) is 10.1. The number of carbonyl (C=O) groups excluding carboxylic acids is 1. The maximum Gasteiger partial charge on any atom is 0.220 e. The number of nitrogens with one attached hydrogen (secondary N) is 1. The Morgan fingerprint density at radius 1 is 1.64 bits per heavy atom. The lowest BCUT2D eigenvalue weighted by atomic mass is 9.68. The van der Waals surface area contributed by atoms with Crippen LogP contribution in [0.1, 0.15) is 26.2 Å². The smallest absolute Gasteiger partial charge is 0.220 e. The Morgan fingerprint density at radius 3 is 3.14 bits per heavy atom. The van der Waals surface area contributed by atoms with E-state index in [1.165, 1.54) is 0 Å². The quantitative estimate of drug-likeness (QED) is 0.657. The molecular formula is C10H18N2O2. The molecule has 0 aromatic heterocycles. The van der Waals surface area contributed by atoms with Crippen molar-refractivity contribution in [1.82, 2.24) is 5.32 Å². The topological polar surface area (TPSA) is 64.4 Å². The van der Waals surface area contributed by atoms with E-state index < -0.39 is 0 Å². The first kappa shape index (κ1) is 9.93. The van der Waals surface area contributed by atoms with Crippen molar-refractivity contribution in [2.24, 2.45) is 11.7 Å². The molecule has 4 heteroatoms. The number of fused-ring (bicyclic) bond motifs is 1. The highest BCUT2D eigenvalue weighted by Gasteiger charge is 2.50. The van der Waals surface area contributed by atoms with Crippen molar-refractivity contribution in [3.63, 3.8) is 0 Å². The average Bonchev–Trinajstić information content (AvgIpc) is 2.25. The van der Waals surface area contributed by atoms with Crippen LogP contribution in [0, 0.1) is 5.92 Å². The van der Waals surface area contributed by atoms with Gasteiger partial charge in [0.2, 0.25) is 5.91 Å². The fraction of sp³-hybridized carbons (Fsp3) is 0.900. The van der Waals surface area contributed by atoms with Gasteiger partial charge in [-0.2, -0.15) is 0 Å². The second-order valence-electron chi connectivity index (χ2n) is 4.17. The van der Waals surface area contributed by atoms with E-state index in [1.54, 1.807) is 0 Å². The molecular weight excluding hydrogens is 180 g/mol. The third kappa shape index (κ3) is 1.53. The molecule has 1 amide bonds. The molecule has 2 aliphatic rings. The SMILES string of the molecule is CCC(=O)NC1C(N)C2CCCOC21. The Balaban J connectivity index is 1.90. The van der Waals surface area contributed by atoms with E-state index in [0.717, 1.165) is 19.4 Å². The van der Waals surface area contributed by atoms with Crippen LogP contribution in [-0.4, -0.2) is 30.7 Å². The van der Waals surface area contributed by atoms with Gasteiger partial charge in [-0.25, -0.2) is 0 Å². The largest absolute Gasteiger partial charge is 0.376 e. The zero-order valence-corrected chi connectivity index (χ0v) is 8.53. The predicted molar refractivity (Wildman–Crippen MR) is 52.7 cm³/mol. The summed E-state index contributed by atoms with van der Waals surface area (Å²) in [6.07, 6.45) is 2.93. The van der Waals surface area contributed by atoms with E-state index in [1.807, 2.05) is 6.92 Å². The summed E-state index contributed by atoms with van der Waals surface area (Å²) in [4.78, 5) is 11.2. The summed E-state index contributed by atoms with van der Waals surface area (Å²) in [5.74, 6) is 0.531. The Labute approximate surface area is 84.2 Å². The lowest BCUT2D eigenvalue weighted by Crippen LogP contribution is -2.72. The van der Waals surface area contributed by atoms with Crippen LogP contribution in [-0.2, 0) is 9.53 Å². The summed E-state index contributed by atoms with van der Waals surface area (Å²) >= 11 is 0. The highest BCUT2D eigenvalue weighted by atomic mass is 16.5. The highest BCUT2D eigenvalue weighted by molar-refractivity contribution is 5.76. The number of amides is 1. The molecule has 1 heterocycles. The van der Waals surface area contributed by atoms with E-state index in [4.69, 9.17) is 10.5 Å². The fourth-order valence-corrected chi connectivity index (χ4v) is 2.41. The Kier molecular flexibility index (Phi) is 2.74. The van der Waals surface area contributed by atoms with Crippen molar-refractivity contribution in [3.05, 3.63) is 0 Å². The third-order valence-corrected chi connectivity index (χ3v) is 3.33. The van der Waals surface area contributed by atoms with Crippen LogP contribution in [0.2, 0.25) is 0 Å². The lowest BCUT2D eigenvalue weighted by molar-refractivity contribution is -0.139. The molecule has 14 heavy (non-hydrogen) atoms. The molecule has 2 rings (SSSR count). The van der Waals surface area contributed by atoms with Gasteiger partial charge in [0.05, 0.1) is 12.1 Å². The van der Waals surface area contributed by atoms with E-state index in [2.05, 4.69) is 5.32 Å². The summed E-state index contributed by atoms with van der Waals surface area (Å²) in [5.41, 5.74) is 5.99. The fourth-order valence-electron chi connectivity index (χ4n) is 2.41. The van der Waals surface area contributed by atoms with Gasteiger partial charge in [-0.1, -0.05) is 6.92 Å². The monoisotopic (exact) mass is 198 g/mol. The maximum atomic E-state index is 11.2. The molecule has 0 spiro atoms. The predicted octanol–water partition coefficient (Wildman–Crippen LogP) is 0.0173. The van der Waals surface area contributed by atoms with Gasteiger partial charge in [-0.3, -0.25) is 4.79 Å². The van der Waals surface area contributed by atoms with Gasteiger partial charge < -0.3 is 15.8 Å². The van der Waals surface area contributed by atoms with Gasteiger partial charge in [-0.15, -0.1) is 0 Å². The van der Waals surface area contributed by atoms with Gasteiger partial charge >= 0.3 is 0 Å². The van der Waals surface area contributed by atoms with Crippen LogP contribution < -0.4 is 11.1 Å². The van der Waals surface area contributed by atoms with E-state index >= 15 is 0 Å². The minimum atomic E-state index is 0.0488. The first-order chi connectivity index (χ1) is 6.74. The Bertz CT molecular complexity index is 232. The van der Waals surface area contributed by atoms with Gasteiger partial charge in [0, 0.05) is 25.0 Å². The number of carbonyl (C=O) groups is 1. The standard InChI is InChI=1S/C10H18N2O2/c1-2-7(13)12-9-8(11)6-4-3-5-14-10(6)9/h6,8-10H,2-5,11H2,1H3,(H,12,13). The third-order valence-electron chi connectivity index (χ3n) is 3.33. The number of hydrogen-bond donors (Lipinski definition) is 2. The van der Waals surface area contributed by atoms with Crippen molar-refractivity contribution in [1.29, 1.82) is 0 Å². The van der Waals surface area contributed by atoms with Gasteiger partial charge in [-0.05, 0) is 12.8 Å². The number of nitrogens with two attached hydrogens (primary N) is 1. The molecule has 0 aromatic rings. The molecule has 4 unspecified atom stereocenters. The molecule has 2 fully saturated rings. The van der Waals surface area contributed by atoms with Crippen LogP contribution in [0.5, 0.6) is 0 Å². The first-order valence-corrected chi connectivity index (χ1v) is 5.40. The van der Waals surface area contributed by atoms with Crippen molar-refractivity contribution < 1.29 is 9.53 Å². The van der Waals surface area contributed by atoms with Crippen LogP contribution in [0.15, 0.2) is 0 Å². The van der Waals surface area contributed by atoms with Gasteiger partial charge in [0.25, 0.3) is 0 Å². The molecule has 1 saturated carbocycles. The highest BCUT2D eigenvalue weighted by Crippen LogP contribution is 2.36. The normalized spacial score (nSPS) is 41.0. The Morgan fingerprint density at radius 2 is 2.43 bits per heavy atom. The maximum absolute atomic E-state index is 11.2. The minimum Gasteiger partial charge on any atom is -0.376 e. The number of ether oxygens (including phenoxy) is 1. The van der Waals surface area contributed by atoms with E-state index in [9.17, 15) is 4.79 Å². The van der Waals surface area contributed by atoms with Crippen LogP contribution in [0.25, 0.3) is 0 Å². The molecule has 0 aromatic carbocycles. The second-order valence-corrected chi connectivity index (χ2v) is 4.17. The second kappa shape index (κ2) is 3.87. The molecule has 4 nitrogen and oxygen atoms in total. The van der Waals surface area contributed by atoms with Crippen LogP contribution in [0.3, 0.4) is 0 Å². The van der Waals surface area contributed by atoms with Gasteiger partial charge in [0.1, 0.15) is 0 Å². The average molecular weight is 198 g/mol. The van der Waals surface area contributed by atoms with Gasteiger partial charge in [0.15, 0.2) is 0 Å². The first-order valence-electron chi connectivity index (χ1n) is 5.40.